The lowest BCUT2D eigenvalue weighted by Gasteiger charge is -2.12. The van der Waals surface area contributed by atoms with Gasteiger partial charge in [0.25, 0.3) is 5.91 Å². The van der Waals surface area contributed by atoms with Crippen molar-refractivity contribution in [2.45, 2.75) is 13.3 Å². The molecule has 0 saturated heterocycles. The van der Waals surface area contributed by atoms with Crippen molar-refractivity contribution in [3.8, 4) is 0 Å². The van der Waals surface area contributed by atoms with Crippen LogP contribution in [0.15, 0.2) is 36.7 Å². The van der Waals surface area contributed by atoms with Crippen LogP contribution in [-0.2, 0) is 0 Å². The molecule has 0 fully saturated rings. The first-order chi connectivity index (χ1) is 10.1. The smallest absolute Gasteiger partial charge is 0.257 e. The number of hydrogen-bond acceptors (Lipinski definition) is 3. The molecule has 2 aromatic rings. The molecule has 0 aliphatic heterocycles. The summed E-state index contributed by atoms with van der Waals surface area (Å²) in [5, 5.41) is 6.11. The summed E-state index contributed by atoms with van der Waals surface area (Å²) < 4.78 is 13.5. The Hall–Kier alpha value is -2.14. The van der Waals surface area contributed by atoms with Crippen molar-refractivity contribution in [3.63, 3.8) is 0 Å². The number of halogens is 2. The van der Waals surface area contributed by atoms with Crippen molar-refractivity contribution in [1.82, 2.24) is 4.98 Å². The molecule has 1 heterocycles. The molecule has 1 amide bonds. The molecule has 0 saturated carbocycles. The Labute approximate surface area is 127 Å². The predicted molar refractivity (Wildman–Crippen MR) is 82.4 cm³/mol. The number of nitrogens with zero attached hydrogens (tertiary/aromatic N) is 1. The van der Waals surface area contributed by atoms with Gasteiger partial charge in [-0.3, -0.25) is 9.78 Å². The maximum atomic E-state index is 13.5. The number of aromatic nitrogens is 1. The molecule has 1 aromatic heterocycles. The lowest BCUT2D eigenvalue weighted by atomic mass is 10.1. The van der Waals surface area contributed by atoms with Crippen LogP contribution in [0.5, 0.6) is 0 Å². The number of benzene rings is 1. The molecule has 0 bridgehead atoms. The average Bonchev–Trinajstić information content (AvgIpc) is 2.48. The van der Waals surface area contributed by atoms with Gasteiger partial charge in [-0.05, 0) is 30.7 Å². The van der Waals surface area contributed by atoms with Crippen LogP contribution < -0.4 is 10.6 Å². The van der Waals surface area contributed by atoms with E-state index in [1.54, 1.807) is 18.2 Å². The van der Waals surface area contributed by atoms with Gasteiger partial charge in [0, 0.05) is 23.5 Å². The summed E-state index contributed by atoms with van der Waals surface area (Å²) in [4.78, 5) is 15.9. The lowest BCUT2D eigenvalue weighted by molar-refractivity contribution is 0.102. The van der Waals surface area contributed by atoms with Crippen LogP contribution in [0, 0.1) is 5.82 Å². The van der Waals surface area contributed by atoms with Gasteiger partial charge in [0.05, 0.1) is 17.4 Å². The van der Waals surface area contributed by atoms with Crippen LogP contribution in [0.1, 0.15) is 23.7 Å². The van der Waals surface area contributed by atoms with Crippen LogP contribution >= 0.6 is 11.6 Å². The SMILES string of the molecule is CCCNc1ccc(Cl)cc1C(=O)Nc1ccncc1F. The predicted octanol–water partition coefficient (Wildman–Crippen LogP) is 3.95. The summed E-state index contributed by atoms with van der Waals surface area (Å²) in [7, 11) is 0. The van der Waals surface area contributed by atoms with E-state index in [1.165, 1.54) is 12.3 Å². The highest BCUT2D eigenvalue weighted by atomic mass is 35.5. The van der Waals surface area contributed by atoms with Crippen molar-refractivity contribution >= 4 is 28.9 Å². The Balaban J connectivity index is 2.25. The zero-order valence-electron chi connectivity index (χ0n) is 11.5. The van der Waals surface area contributed by atoms with Gasteiger partial charge in [-0.2, -0.15) is 0 Å². The standard InChI is InChI=1S/C15H15ClFN3O/c1-2-6-19-13-4-3-10(16)8-11(13)15(21)20-14-5-7-18-9-12(14)17/h3-5,7-9,19H,2,6H2,1H3,(H,18,20,21). The van der Waals surface area contributed by atoms with E-state index in [4.69, 9.17) is 11.6 Å². The molecule has 2 N–H and O–H groups in total. The molecule has 2 rings (SSSR count). The minimum Gasteiger partial charge on any atom is -0.384 e. The van der Waals surface area contributed by atoms with Gasteiger partial charge in [-0.1, -0.05) is 18.5 Å². The van der Waals surface area contributed by atoms with E-state index in [2.05, 4.69) is 15.6 Å². The fourth-order valence-electron chi connectivity index (χ4n) is 1.78. The summed E-state index contributed by atoms with van der Waals surface area (Å²) in [5.41, 5.74) is 1.11. The monoisotopic (exact) mass is 307 g/mol. The molecular formula is C15H15ClFN3O. The number of hydrogen-bond donors (Lipinski definition) is 2. The summed E-state index contributed by atoms with van der Waals surface area (Å²) in [5.74, 6) is -1.02. The molecule has 21 heavy (non-hydrogen) atoms. The second-order valence-electron chi connectivity index (χ2n) is 4.43. The third-order valence-electron chi connectivity index (χ3n) is 2.81. The van der Waals surface area contributed by atoms with Crippen molar-refractivity contribution in [3.05, 3.63) is 53.1 Å². The number of anilines is 2. The van der Waals surface area contributed by atoms with Crippen LogP contribution in [0.25, 0.3) is 0 Å². The second kappa shape index (κ2) is 7.04. The zero-order chi connectivity index (χ0) is 15.2. The number of amides is 1. The van der Waals surface area contributed by atoms with Gasteiger partial charge in [-0.15, -0.1) is 0 Å². The van der Waals surface area contributed by atoms with Gasteiger partial charge in [0.15, 0.2) is 5.82 Å². The average molecular weight is 308 g/mol. The van der Waals surface area contributed by atoms with Crippen LogP contribution in [0.2, 0.25) is 5.02 Å². The lowest BCUT2D eigenvalue weighted by Crippen LogP contribution is -2.16. The first kappa shape index (κ1) is 15.3. The van der Waals surface area contributed by atoms with Gasteiger partial charge in [0.1, 0.15) is 0 Å². The molecule has 0 aliphatic rings. The van der Waals surface area contributed by atoms with Crippen LogP contribution in [-0.4, -0.2) is 17.4 Å². The van der Waals surface area contributed by atoms with E-state index in [1.807, 2.05) is 6.92 Å². The van der Waals surface area contributed by atoms with E-state index >= 15 is 0 Å². The largest absolute Gasteiger partial charge is 0.384 e. The third kappa shape index (κ3) is 3.92. The van der Waals surface area contributed by atoms with E-state index in [9.17, 15) is 9.18 Å². The minimum atomic E-state index is -0.587. The second-order valence-corrected chi connectivity index (χ2v) is 4.86. The van der Waals surface area contributed by atoms with E-state index < -0.39 is 11.7 Å². The number of carbonyl (C=O) groups excluding carboxylic acids is 1. The van der Waals surface area contributed by atoms with E-state index in [-0.39, 0.29) is 5.69 Å². The van der Waals surface area contributed by atoms with Crippen molar-refractivity contribution < 1.29 is 9.18 Å². The Morgan fingerprint density at radius 1 is 1.33 bits per heavy atom. The Morgan fingerprint density at radius 2 is 2.14 bits per heavy atom. The van der Waals surface area contributed by atoms with Gasteiger partial charge in [-0.25, -0.2) is 4.39 Å². The first-order valence-electron chi connectivity index (χ1n) is 6.56. The molecule has 6 heteroatoms. The molecular weight excluding hydrogens is 293 g/mol. The normalized spacial score (nSPS) is 10.2. The third-order valence-corrected chi connectivity index (χ3v) is 3.05. The molecule has 0 atom stereocenters. The summed E-state index contributed by atoms with van der Waals surface area (Å²) in [6.45, 7) is 2.75. The Morgan fingerprint density at radius 3 is 2.86 bits per heavy atom. The fourth-order valence-corrected chi connectivity index (χ4v) is 1.96. The number of pyridine rings is 1. The van der Waals surface area contributed by atoms with E-state index in [0.717, 1.165) is 19.2 Å². The van der Waals surface area contributed by atoms with Crippen molar-refractivity contribution in [2.24, 2.45) is 0 Å². The quantitative estimate of drug-likeness (QED) is 0.879. The summed E-state index contributed by atoms with van der Waals surface area (Å²) in [6, 6.07) is 6.38. The minimum absolute atomic E-state index is 0.0800. The topological polar surface area (TPSA) is 54.0 Å². The van der Waals surface area contributed by atoms with Crippen LogP contribution in [0.4, 0.5) is 15.8 Å². The highest BCUT2D eigenvalue weighted by molar-refractivity contribution is 6.31. The van der Waals surface area contributed by atoms with Crippen LogP contribution in [0.3, 0.4) is 0 Å². The first-order valence-corrected chi connectivity index (χ1v) is 6.94. The highest BCUT2D eigenvalue weighted by Gasteiger charge is 2.14. The molecule has 4 nitrogen and oxygen atoms in total. The van der Waals surface area contributed by atoms with Gasteiger partial charge >= 0.3 is 0 Å². The molecule has 0 radical (unpaired) electrons. The number of carbonyl (C=O) groups is 1. The fraction of sp³-hybridized carbons (Fsp3) is 0.200. The van der Waals surface area contributed by atoms with Gasteiger partial charge in [0.2, 0.25) is 0 Å². The van der Waals surface area contributed by atoms with E-state index in [0.29, 0.717) is 16.3 Å². The number of nitrogens with one attached hydrogen (secondary N) is 2. The molecule has 0 unspecified atom stereocenters. The molecule has 0 spiro atoms. The Bertz CT molecular complexity index is 649. The van der Waals surface area contributed by atoms with Gasteiger partial charge < -0.3 is 10.6 Å². The molecule has 1 aromatic carbocycles. The van der Waals surface area contributed by atoms with Crippen molar-refractivity contribution in [1.29, 1.82) is 0 Å². The Kier molecular flexibility index (Phi) is 5.11. The maximum Gasteiger partial charge on any atom is 0.257 e. The summed E-state index contributed by atoms with van der Waals surface area (Å²) in [6.07, 6.45) is 3.37. The maximum absolute atomic E-state index is 13.5. The zero-order valence-corrected chi connectivity index (χ0v) is 12.2. The molecule has 110 valence electrons. The molecule has 0 aliphatic carbocycles. The number of rotatable bonds is 5. The highest BCUT2D eigenvalue weighted by Crippen LogP contribution is 2.22. The van der Waals surface area contributed by atoms with Crippen molar-refractivity contribution in [2.75, 3.05) is 17.2 Å². The summed E-state index contributed by atoms with van der Waals surface area (Å²) >= 11 is 5.94.